The highest BCUT2D eigenvalue weighted by Crippen LogP contribution is 2.55. The van der Waals surface area contributed by atoms with Crippen molar-refractivity contribution in [2.75, 3.05) is 19.8 Å². The lowest BCUT2D eigenvalue weighted by Gasteiger charge is -2.24. The normalized spacial score (nSPS) is 40.8. The first-order chi connectivity index (χ1) is 9.23. The second-order valence-electron chi connectivity index (χ2n) is 5.90. The standard InChI is InChI=1S/C14H23NO4/c1-2-17-13(16)10-7-14(8-11(14)15-10)9-19-12-5-3-4-6-18-12/h10-12,15H,2-9H2,1H3/t10-,11+,12?,14-/m0/s1. The van der Waals surface area contributed by atoms with Crippen LogP contribution >= 0.6 is 0 Å². The summed E-state index contributed by atoms with van der Waals surface area (Å²) in [6, 6.07) is 0.278. The summed E-state index contributed by atoms with van der Waals surface area (Å²) in [4.78, 5) is 11.7. The van der Waals surface area contributed by atoms with E-state index in [2.05, 4.69) is 5.32 Å². The maximum Gasteiger partial charge on any atom is 0.323 e. The lowest BCUT2D eigenvalue weighted by atomic mass is 10.0. The molecule has 1 unspecified atom stereocenters. The summed E-state index contributed by atoms with van der Waals surface area (Å²) in [7, 11) is 0. The summed E-state index contributed by atoms with van der Waals surface area (Å²) in [5, 5.41) is 3.35. The van der Waals surface area contributed by atoms with Gasteiger partial charge in [-0.3, -0.25) is 4.79 Å². The summed E-state index contributed by atoms with van der Waals surface area (Å²) >= 11 is 0. The minimum atomic E-state index is -0.144. The average molecular weight is 269 g/mol. The second kappa shape index (κ2) is 5.38. The van der Waals surface area contributed by atoms with Crippen molar-refractivity contribution in [2.24, 2.45) is 5.41 Å². The Hall–Kier alpha value is -0.650. The summed E-state index contributed by atoms with van der Waals surface area (Å²) in [6.07, 6.45) is 5.23. The largest absolute Gasteiger partial charge is 0.465 e. The number of carbonyl (C=O) groups is 1. The molecule has 1 saturated carbocycles. The molecule has 2 aliphatic heterocycles. The van der Waals surface area contributed by atoms with Gasteiger partial charge in [0, 0.05) is 18.1 Å². The Kier molecular flexibility index (Phi) is 3.78. The molecule has 5 heteroatoms. The van der Waals surface area contributed by atoms with Crippen molar-refractivity contribution < 1.29 is 19.0 Å². The third-order valence-electron chi connectivity index (χ3n) is 4.47. The number of carbonyl (C=O) groups excluding carboxylic acids is 1. The van der Waals surface area contributed by atoms with Crippen molar-refractivity contribution in [3.63, 3.8) is 0 Å². The molecule has 3 aliphatic rings. The monoisotopic (exact) mass is 269 g/mol. The van der Waals surface area contributed by atoms with Crippen LogP contribution in [0.5, 0.6) is 0 Å². The molecular weight excluding hydrogens is 246 g/mol. The molecule has 2 saturated heterocycles. The van der Waals surface area contributed by atoms with Crippen molar-refractivity contribution in [1.29, 1.82) is 0 Å². The molecule has 0 aromatic heterocycles. The minimum absolute atomic E-state index is 0.0361. The Morgan fingerprint density at radius 3 is 3.05 bits per heavy atom. The molecule has 4 atom stereocenters. The fourth-order valence-electron chi connectivity index (χ4n) is 3.23. The van der Waals surface area contributed by atoms with Crippen molar-refractivity contribution in [3.05, 3.63) is 0 Å². The van der Waals surface area contributed by atoms with Gasteiger partial charge in [-0.1, -0.05) is 0 Å². The van der Waals surface area contributed by atoms with Gasteiger partial charge in [-0.05, 0) is 39.0 Å². The first-order valence-corrected chi connectivity index (χ1v) is 7.39. The van der Waals surface area contributed by atoms with E-state index in [0.717, 1.165) is 32.3 Å². The molecule has 1 aliphatic carbocycles. The van der Waals surface area contributed by atoms with Crippen molar-refractivity contribution in [3.8, 4) is 0 Å². The fourth-order valence-corrected chi connectivity index (χ4v) is 3.23. The zero-order valence-electron chi connectivity index (χ0n) is 11.5. The van der Waals surface area contributed by atoms with E-state index in [1.807, 2.05) is 6.92 Å². The van der Waals surface area contributed by atoms with Gasteiger partial charge in [-0.2, -0.15) is 0 Å². The number of hydrogen-bond acceptors (Lipinski definition) is 5. The molecule has 108 valence electrons. The Balaban J connectivity index is 1.46. The van der Waals surface area contributed by atoms with Crippen LogP contribution in [0.25, 0.3) is 0 Å². The summed E-state index contributed by atoms with van der Waals surface area (Å²) < 4.78 is 16.5. The van der Waals surface area contributed by atoms with Gasteiger partial charge in [0.15, 0.2) is 6.29 Å². The Morgan fingerprint density at radius 2 is 2.32 bits per heavy atom. The average Bonchev–Trinajstić information content (AvgIpc) is 2.99. The highest BCUT2D eigenvalue weighted by atomic mass is 16.7. The topological polar surface area (TPSA) is 56.8 Å². The first kappa shape index (κ1) is 13.3. The van der Waals surface area contributed by atoms with E-state index in [9.17, 15) is 4.79 Å². The Bertz CT molecular complexity index is 342. The highest BCUT2D eigenvalue weighted by Gasteiger charge is 2.62. The van der Waals surface area contributed by atoms with E-state index >= 15 is 0 Å². The molecule has 3 rings (SSSR count). The maximum atomic E-state index is 11.7. The van der Waals surface area contributed by atoms with Crippen molar-refractivity contribution >= 4 is 5.97 Å². The van der Waals surface area contributed by atoms with E-state index in [1.165, 1.54) is 6.42 Å². The van der Waals surface area contributed by atoms with E-state index < -0.39 is 0 Å². The van der Waals surface area contributed by atoms with E-state index in [-0.39, 0.29) is 23.7 Å². The molecule has 0 aromatic rings. The smallest absolute Gasteiger partial charge is 0.323 e. The molecule has 0 amide bonds. The molecule has 1 N–H and O–H groups in total. The summed E-state index contributed by atoms with van der Waals surface area (Å²) in [5.41, 5.74) is 0.151. The molecule has 2 heterocycles. The van der Waals surface area contributed by atoms with Crippen LogP contribution in [0.4, 0.5) is 0 Å². The molecule has 0 aromatic carbocycles. The van der Waals surface area contributed by atoms with E-state index in [1.54, 1.807) is 0 Å². The number of nitrogens with one attached hydrogen (secondary N) is 1. The van der Waals surface area contributed by atoms with Gasteiger partial charge in [0.25, 0.3) is 0 Å². The molecule has 0 spiro atoms. The zero-order valence-corrected chi connectivity index (χ0v) is 11.5. The number of piperidine rings is 1. The third kappa shape index (κ3) is 2.78. The molecule has 5 nitrogen and oxygen atoms in total. The molecule has 19 heavy (non-hydrogen) atoms. The second-order valence-corrected chi connectivity index (χ2v) is 5.90. The highest BCUT2D eigenvalue weighted by molar-refractivity contribution is 5.77. The quantitative estimate of drug-likeness (QED) is 0.760. The summed E-state index contributed by atoms with van der Waals surface area (Å²) in [6.45, 7) is 3.80. The van der Waals surface area contributed by atoms with Gasteiger partial charge in [0.1, 0.15) is 6.04 Å². The van der Waals surface area contributed by atoms with Gasteiger partial charge in [0.2, 0.25) is 0 Å². The van der Waals surface area contributed by atoms with Crippen molar-refractivity contribution in [2.45, 2.75) is 57.4 Å². The van der Waals surface area contributed by atoms with Gasteiger partial charge in [0.05, 0.1) is 13.2 Å². The van der Waals surface area contributed by atoms with E-state index in [0.29, 0.717) is 19.3 Å². The maximum absolute atomic E-state index is 11.7. The van der Waals surface area contributed by atoms with Crippen LogP contribution in [-0.4, -0.2) is 44.2 Å². The third-order valence-corrected chi connectivity index (χ3v) is 4.47. The Labute approximate surface area is 114 Å². The minimum Gasteiger partial charge on any atom is -0.465 e. The molecule has 0 radical (unpaired) electrons. The number of fused-ring (bicyclic) bond motifs is 1. The van der Waals surface area contributed by atoms with Gasteiger partial charge in [-0.25, -0.2) is 0 Å². The lowest BCUT2D eigenvalue weighted by Crippen LogP contribution is -2.35. The van der Waals surface area contributed by atoms with Gasteiger partial charge >= 0.3 is 5.97 Å². The van der Waals surface area contributed by atoms with Crippen LogP contribution in [0.15, 0.2) is 0 Å². The Morgan fingerprint density at radius 1 is 1.42 bits per heavy atom. The number of rotatable bonds is 5. The molecule has 3 fully saturated rings. The number of hydrogen-bond donors (Lipinski definition) is 1. The zero-order chi connectivity index (χ0) is 13.3. The van der Waals surface area contributed by atoms with Crippen LogP contribution < -0.4 is 5.32 Å². The number of esters is 1. The number of ether oxygens (including phenoxy) is 3. The van der Waals surface area contributed by atoms with Crippen LogP contribution in [-0.2, 0) is 19.0 Å². The van der Waals surface area contributed by atoms with Gasteiger partial charge < -0.3 is 19.5 Å². The van der Waals surface area contributed by atoms with Crippen LogP contribution in [0, 0.1) is 5.41 Å². The van der Waals surface area contributed by atoms with Crippen LogP contribution in [0.3, 0.4) is 0 Å². The van der Waals surface area contributed by atoms with Crippen molar-refractivity contribution in [1.82, 2.24) is 5.32 Å². The molecule has 0 bridgehead atoms. The van der Waals surface area contributed by atoms with Crippen LogP contribution in [0.1, 0.15) is 39.0 Å². The summed E-state index contributed by atoms with van der Waals surface area (Å²) in [5.74, 6) is -0.122. The first-order valence-electron chi connectivity index (χ1n) is 7.39. The lowest BCUT2D eigenvalue weighted by molar-refractivity contribution is -0.171. The van der Waals surface area contributed by atoms with Crippen LogP contribution in [0.2, 0.25) is 0 Å². The predicted octanol–water partition coefficient (Wildman–Crippen LogP) is 1.21. The van der Waals surface area contributed by atoms with Gasteiger partial charge in [-0.15, -0.1) is 0 Å². The predicted molar refractivity (Wildman–Crippen MR) is 68.6 cm³/mol. The SMILES string of the molecule is CCOC(=O)[C@@H]1C[C@@]2(COC3CCCCO3)C[C@H]2N1. The van der Waals surface area contributed by atoms with E-state index in [4.69, 9.17) is 14.2 Å². The molecular formula is C14H23NO4. The fraction of sp³-hybridized carbons (Fsp3) is 0.929.